The number of hydrogen-bond donors (Lipinski definition) is 3. The lowest BCUT2D eigenvalue weighted by Crippen LogP contribution is -2.41. The summed E-state index contributed by atoms with van der Waals surface area (Å²) in [7, 11) is 0. The summed E-state index contributed by atoms with van der Waals surface area (Å²) in [5, 5.41) is 2.70. The number of carbonyl (C=O) groups excluding carboxylic acids is 3. The van der Waals surface area contributed by atoms with Crippen LogP contribution < -0.4 is 20.9 Å². The van der Waals surface area contributed by atoms with Crippen molar-refractivity contribution in [2.75, 3.05) is 11.9 Å². The third-order valence-electron chi connectivity index (χ3n) is 3.86. The van der Waals surface area contributed by atoms with Gasteiger partial charge in [-0.1, -0.05) is 29.8 Å². The smallest absolute Gasteiger partial charge is 0.262 e. The van der Waals surface area contributed by atoms with Crippen LogP contribution in [0.5, 0.6) is 5.75 Å². The van der Waals surface area contributed by atoms with Crippen LogP contribution in [0.15, 0.2) is 54.6 Å². The molecule has 0 saturated heterocycles. The second kappa shape index (κ2) is 11.3. The van der Waals surface area contributed by atoms with Gasteiger partial charge < -0.3 is 10.1 Å². The van der Waals surface area contributed by atoms with Crippen LogP contribution in [0.4, 0.5) is 5.69 Å². The first-order valence-electron chi connectivity index (χ1n) is 9.32. The van der Waals surface area contributed by atoms with Crippen molar-refractivity contribution < 1.29 is 19.1 Å². The van der Waals surface area contributed by atoms with Crippen molar-refractivity contribution in [2.45, 2.75) is 26.7 Å². The van der Waals surface area contributed by atoms with E-state index in [1.54, 1.807) is 30.3 Å². The number of amides is 3. The molecule has 0 aliphatic carbocycles. The molecule has 0 aliphatic rings. The minimum Gasteiger partial charge on any atom is -0.494 e. The number of carbonyl (C=O) groups is 3. The summed E-state index contributed by atoms with van der Waals surface area (Å²) in [6, 6.07) is 14.6. The second-order valence-corrected chi connectivity index (χ2v) is 6.29. The first-order valence-corrected chi connectivity index (χ1v) is 9.32. The molecule has 7 heteroatoms. The van der Waals surface area contributed by atoms with Crippen LogP contribution in [0.25, 0.3) is 6.08 Å². The average Bonchev–Trinajstić information content (AvgIpc) is 2.72. The van der Waals surface area contributed by atoms with Crippen molar-refractivity contribution in [1.82, 2.24) is 10.9 Å². The number of hydrazine groups is 1. The number of nitrogens with one attached hydrogen (secondary N) is 3. The van der Waals surface area contributed by atoms with Gasteiger partial charge in [-0.3, -0.25) is 25.2 Å². The topological polar surface area (TPSA) is 96.5 Å². The lowest BCUT2D eigenvalue weighted by molar-refractivity contribution is -0.128. The van der Waals surface area contributed by atoms with Crippen molar-refractivity contribution >= 4 is 29.5 Å². The van der Waals surface area contributed by atoms with Gasteiger partial charge in [0.15, 0.2) is 0 Å². The first-order chi connectivity index (χ1) is 14.0. The Hall–Kier alpha value is -3.61. The van der Waals surface area contributed by atoms with Crippen LogP contribution in [-0.2, 0) is 14.4 Å². The van der Waals surface area contributed by atoms with E-state index >= 15 is 0 Å². The maximum absolute atomic E-state index is 11.9. The molecule has 0 spiro atoms. The van der Waals surface area contributed by atoms with Crippen molar-refractivity contribution in [3.8, 4) is 5.75 Å². The number of benzene rings is 2. The standard InChI is InChI=1S/C22H25N3O4/c1-3-29-19-11-9-18(10-12-19)23-20(26)14-15-22(28)25-24-21(27)13-8-17-6-4-16(2)5-7-17/h4-13H,3,14-15H2,1-2H3,(H,23,26)(H,24,27)(H,25,28). The lowest BCUT2D eigenvalue weighted by Gasteiger charge is -2.08. The van der Waals surface area contributed by atoms with E-state index in [0.717, 1.165) is 16.9 Å². The maximum Gasteiger partial charge on any atom is 0.262 e. The molecule has 29 heavy (non-hydrogen) atoms. The largest absolute Gasteiger partial charge is 0.494 e. The molecule has 0 atom stereocenters. The first kappa shape index (κ1) is 21.7. The van der Waals surface area contributed by atoms with Crippen molar-refractivity contribution in [3.05, 3.63) is 65.7 Å². The summed E-state index contributed by atoms with van der Waals surface area (Å²) in [5.74, 6) is -0.492. The van der Waals surface area contributed by atoms with Gasteiger partial charge in [-0.05, 0) is 49.8 Å². The molecule has 2 aromatic carbocycles. The Balaban J connectivity index is 1.67. The van der Waals surface area contributed by atoms with Gasteiger partial charge in [0.2, 0.25) is 11.8 Å². The highest BCUT2D eigenvalue weighted by Gasteiger charge is 2.08. The maximum atomic E-state index is 11.9. The molecule has 0 fully saturated rings. The SMILES string of the molecule is CCOc1ccc(NC(=O)CCC(=O)NNC(=O)C=Cc2ccc(C)cc2)cc1. The second-order valence-electron chi connectivity index (χ2n) is 6.29. The van der Waals surface area contributed by atoms with Crippen LogP contribution in [0.2, 0.25) is 0 Å². The van der Waals surface area contributed by atoms with Gasteiger partial charge in [0.25, 0.3) is 5.91 Å². The molecule has 0 saturated carbocycles. The molecule has 0 heterocycles. The number of anilines is 1. The summed E-state index contributed by atoms with van der Waals surface area (Å²) >= 11 is 0. The molecular weight excluding hydrogens is 370 g/mol. The van der Waals surface area contributed by atoms with Crippen LogP contribution in [-0.4, -0.2) is 24.3 Å². The summed E-state index contributed by atoms with van der Waals surface area (Å²) in [6.45, 7) is 4.44. The summed E-state index contributed by atoms with van der Waals surface area (Å²) < 4.78 is 5.33. The number of rotatable bonds is 8. The molecule has 0 radical (unpaired) electrons. The highest BCUT2D eigenvalue weighted by molar-refractivity contribution is 5.95. The van der Waals surface area contributed by atoms with E-state index in [1.165, 1.54) is 6.08 Å². The summed E-state index contributed by atoms with van der Waals surface area (Å²) in [6.07, 6.45) is 2.91. The Bertz CT molecular complexity index is 859. The zero-order valence-electron chi connectivity index (χ0n) is 16.5. The van der Waals surface area contributed by atoms with Crippen LogP contribution in [0, 0.1) is 6.92 Å². The van der Waals surface area contributed by atoms with Crippen molar-refractivity contribution in [1.29, 1.82) is 0 Å². The minimum atomic E-state index is -0.460. The number of ether oxygens (including phenoxy) is 1. The molecule has 3 amide bonds. The van der Waals surface area contributed by atoms with E-state index in [4.69, 9.17) is 4.74 Å². The van der Waals surface area contributed by atoms with Gasteiger partial charge >= 0.3 is 0 Å². The average molecular weight is 395 g/mol. The molecule has 0 bridgehead atoms. The molecule has 0 aliphatic heterocycles. The van der Waals surface area contributed by atoms with E-state index < -0.39 is 11.8 Å². The zero-order chi connectivity index (χ0) is 21.1. The Labute approximate surface area is 170 Å². The fraction of sp³-hybridized carbons (Fsp3) is 0.227. The van der Waals surface area contributed by atoms with E-state index in [9.17, 15) is 14.4 Å². The normalized spacial score (nSPS) is 10.4. The highest BCUT2D eigenvalue weighted by Crippen LogP contribution is 2.15. The van der Waals surface area contributed by atoms with Crippen LogP contribution in [0.1, 0.15) is 30.9 Å². The zero-order valence-corrected chi connectivity index (χ0v) is 16.5. The predicted molar refractivity (Wildman–Crippen MR) is 112 cm³/mol. The number of aryl methyl sites for hydroxylation is 1. The molecule has 2 aromatic rings. The minimum absolute atomic E-state index is 0.00583. The Morgan fingerprint density at radius 1 is 0.897 bits per heavy atom. The molecule has 3 N–H and O–H groups in total. The molecule has 0 unspecified atom stereocenters. The van der Waals surface area contributed by atoms with Gasteiger partial charge in [-0.25, -0.2) is 0 Å². The fourth-order valence-corrected chi connectivity index (χ4v) is 2.34. The van der Waals surface area contributed by atoms with Gasteiger partial charge in [0.05, 0.1) is 6.61 Å². The fourth-order valence-electron chi connectivity index (χ4n) is 2.34. The van der Waals surface area contributed by atoms with E-state index in [1.807, 2.05) is 38.1 Å². The van der Waals surface area contributed by atoms with Gasteiger partial charge in [-0.15, -0.1) is 0 Å². The highest BCUT2D eigenvalue weighted by atomic mass is 16.5. The Kier molecular flexibility index (Phi) is 8.44. The lowest BCUT2D eigenvalue weighted by atomic mass is 10.1. The van der Waals surface area contributed by atoms with Crippen LogP contribution >= 0.6 is 0 Å². The molecule has 7 nitrogen and oxygen atoms in total. The predicted octanol–water partition coefficient (Wildman–Crippen LogP) is 2.97. The van der Waals surface area contributed by atoms with E-state index in [2.05, 4.69) is 16.2 Å². The summed E-state index contributed by atoms with van der Waals surface area (Å²) in [5.41, 5.74) is 7.19. The Morgan fingerprint density at radius 3 is 2.21 bits per heavy atom. The molecule has 152 valence electrons. The number of hydrogen-bond acceptors (Lipinski definition) is 4. The monoisotopic (exact) mass is 395 g/mol. The molecule has 2 rings (SSSR count). The van der Waals surface area contributed by atoms with Gasteiger partial charge in [0.1, 0.15) is 5.75 Å². The quantitative estimate of drug-likeness (QED) is 0.473. The van der Waals surface area contributed by atoms with Crippen molar-refractivity contribution in [2.24, 2.45) is 0 Å². The Morgan fingerprint density at radius 2 is 1.55 bits per heavy atom. The van der Waals surface area contributed by atoms with E-state index in [-0.39, 0.29) is 18.7 Å². The van der Waals surface area contributed by atoms with E-state index in [0.29, 0.717) is 12.3 Å². The third kappa shape index (κ3) is 8.30. The van der Waals surface area contributed by atoms with Gasteiger partial charge in [-0.2, -0.15) is 0 Å². The van der Waals surface area contributed by atoms with Crippen LogP contribution in [0.3, 0.4) is 0 Å². The molecule has 0 aromatic heterocycles. The van der Waals surface area contributed by atoms with Crippen molar-refractivity contribution in [3.63, 3.8) is 0 Å². The third-order valence-corrected chi connectivity index (χ3v) is 3.86. The molecular formula is C22H25N3O4. The summed E-state index contributed by atoms with van der Waals surface area (Å²) in [4.78, 5) is 35.5. The van der Waals surface area contributed by atoms with Gasteiger partial charge in [0, 0.05) is 24.6 Å².